The first-order valence-electron chi connectivity index (χ1n) is 6.80. The van der Waals surface area contributed by atoms with Crippen LogP contribution in [0, 0.1) is 0 Å². The summed E-state index contributed by atoms with van der Waals surface area (Å²) in [6.07, 6.45) is 0. The summed E-state index contributed by atoms with van der Waals surface area (Å²) < 4.78 is 0. The normalized spacial score (nSPS) is 10.3. The highest BCUT2D eigenvalue weighted by atomic mass is 16.1. The van der Waals surface area contributed by atoms with Crippen molar-refractivity contribution in [3.8, 4) is 0 Å². The number of benzene rings is 3. The maximum absolute atomic E-state index is 12.6. The van der Waals surface area contributed by atoms with E-state index >= 15 is 0 Å². The van der Waals surface area contributed by atoms with Gasteiger partial charge in [-0.3, -0.25) is 4.79 Å². The van der Waals surface area contributed by atoms with Gasteiger partial charge < -0.3 is 0 Å². The van der Waals surface area contributed by atoms with E-state index in [2.05, 4.69) is 5.32 Å². The standard InChI is InChI=1S/C19H14NO/c21-19(15-9-3-1-4-10-15)17-13-7-8-14-18(17)20-16-11-5-2-6-12-16/h1-14H/q+1. The second kappa shape index (κ2) is 6.16. The number of para-hydroxylation sites is 2. The number of hydrogen-bond donors (Lipinski definition) is 0. The first-order chi connectivity index (χ1) is 10.3. The number of carbonyl (C=O) groups is 1. The molecule has 0 amide bonds. The monoisotopic (exact) mass is 272 g/mol. The highest BCUT2D eigenvalue weighted by Gasteiger charge is 2.22. The summed E-state index contributed by atoms with van der Waals surface area (Å²) in [4.78, 5) is 12.6. The van der Waals surface area contributed by atoms with E-state index in [0.29, 0.717) is 16.8 Å². The van der Waals surface area contributed by atoms with Gasteiger partial charge in [-0.1, -0.05) is 60.7 Å². The summed E-state index contributed by atoms with van der Waals surface area (Å²) in [5, 5.41) is 4.57. The molecule has 100 valence electrons. The summed E-state index contributed by atoms with van der Waals surface area (Å²) >= 11 is 0. The van der Waals surface area contributed by atoms with Crippen molar-refractivity contribution in [1.82, 2.24) is 5.32 Å². The minimum absolute atomic E-state index is 0.00844. The predicted octanol–water partition coefficient (Wildman–Crippen LogP) is 4.49. The van der Waals surface area contributed by atoms with Crippen LogP contribution in [0.15, 0.2) is 84.9 Å². The van der Waals surface area contributed by atoms with E-state index < -0.39 is 0 Å². The zero-order valence-electron chi connectivity index (χ0n) is 11.4. The van der Waals surface area contributed by atoms with Gasteiger partial charge in [-0.2, -0.15) is 0 Å². The Kier molecular flexibility index (Phi) is 3.90. The minimum atomic E-state index is -0.00844. The van der Waals surface area contributed by atoms with Crippen LogP contribution >= 0.6 is 0 Å². The van der Waals surface area contributed by atoms with Gasteiger partial charge in [0.1, 0.15) is 5.32 Å². The molecule has 0 aromatic heterocycles. The van der Waals surface area contributed by atoms with Crippen molar-refractivity contribution in [3.05, 3.63) is 96.1 Å². The molecule has 2 radical (unpaired) electrons. The Bertz CT molecular complexity index is 736. The lowest BCUT2D eigenvalue weighted by atomic mass is 10.0. The third kappa shape index (κ3) is 3.07. The molecule has 0 spiro atoms. The molecule has 0 saturated heterocycles. The largest absolute Gasteiger partial charge is 0.288 e. The zero-order chi connectivity index (χ0) is 14.5. The van der Waals surface area contributed by atoms with Crippen LogP contribution in [0.3, 0.4) is 0 Å². The lowest BCUT2D eigenvalue weighted by molar-refractivity contribution is 0.103. The van der Waals surface area contributed by atoms with Crippen LogP contribution in [0.25, 0.3) is 0 Å². The number of rotatable bonds is 4. The van der Waals surface area contributed by atoms with Crippen LogP contribution in [-0.2, 0) is 0 Å². The number of carbonyl (C=O) groups excluding carboxylic acids is 1. The topological polar surface area (TPSA) is 31.2 Å². The molecular weight excluding hydrogens is 258 g/mol. The van der Waals surface area contributed by atoms with Gasteiger partial charge in [-0.25, -0.2) is 0 Å². The smallest absolute Gasteiger partial charge is 0.264 e. The Balaban J connectivity index is 1.95. The molecule has 0 aliphatic heterocycles. The molecule has 3 aromatic carbocycles. The van der Waals surface area contributed by atoms with Gasteiger partial charge in [0.05, 0.1) is 5.56 Å². The van der Waals surface area contributed by atoms with Crippen LogP contribution in [-0.4, -0.2) is 5.78 Å². The van der Waals surface area contributed by atoms with Crippen LogP contribution in [0.4, 0.5) is 11.4 Å². The Morgan fingerprint density at radius 3 is 1.95 bits per heavy atom. The number of hydrogen-bond acceptors (Lipinski definition) is 1. The van der Waals surface area contributed by atoms with Crippen LogP contribution < -0.4 is 5.32 Å². The third-order valence-electron chi connectivity index (χ3n) is 3.19. The first kappa shape index (κ1) is 13.3. The average Bonchev–Trinajstić information content (AvgIpc) is 2.56. The van der Waals surface area contributed by atoms with Gasteiger partial charge in [0.15, 0.2) is 5.78 Å². The molecule has 0 saturated carbocycles. The van der Waals surface area contributed by atoms with Gasteiger partial charge >= 0.3 is 0 Å². The molecule has 21 heavy (non-hydrogen) atoms. The van der Waals surface area contributed by atoms with Crippen molar-refractivity contribution in [2.24, 2.45) is 0 Å². The van der Waals surface area contributed by atoms with Gasteiger partial charge in [0, 0.05) is 23.8 Å². The molecule has 3 aromatic rings. The van der Waals surface area contributed by atoms with Gasteiger partial charge in [0.2, 0.25) is 0 Å². The summed E-state index contributed by atoms with van der Waals surface area (Å²) in [5.41, 5.74) is 2.82. The highest BCUT2D eigenvalue weighted by molar-refractivity contribution is 6.12. The summed E-state index contributed by atoms with van der Waals surface area (Å²) in [6.45, 7) is 0. The van der Waals surface area contributed by atoms with Gasteiger partial charge in [0.25, 0.3) is 11.4 Å². The number of nitrogens with zero attached hydrogens (tertiary/aromatic N) is 1. The maximum atomic E-state index is 12.6. The summed E-state index contributed by atoms with van der Waals surface area (Å²) in [5.74, 6) is -0.00844. The quantitative estimate of drug-likeness (QED) is 0.644. The average molecular weight is 272 g/mol. The maximum Gasteiger partial charge on any atom is 0.264 e. The van der Waals surface area contributed by atoms with Crippen LogP contribution in [0.5, 0.6) is 0 Å². The first-order valence-corrected chi connectivity index (χ1v) is 6.80. The van der Waals surface area contributed by atoms with E-state index in [9.17, 15) is 4.79 Å². The lowest BCUT2D eigenvalue weighted by Gasteiger charge is -2.00. The van der Waals surface area contributed by atoms with E-state index in [1.165, 1.54) is 0 Å². The van der Waals surface area contributed by atoms with Crippen LogP contribution in [0.1, 0.15) is 15.9 Å². The molecule has 0 atom stereocenters. The van der Waals surface area contributed by atoms with E-state index in [1.807, 2.05) is 84.9 Å². The van der Waals surface area contributed by atoms with E-state index in [-0.39, 0.29) is 5.78 Å². The predicted molar refractivity (Wildman–Crippen MR) is 84.2 cm³/mol. The van der Waals surface area contributed by atoms with E-state index in [0.717, 1.165) is 5.69 Å². The van der Waals surface area contributed by atoms with Crippen LogP contribution in [0.2, 0.25) is 0 Å². The highest BCUT2D eigenvalue weighted by Crippen LogP contribution is 2.23. The minimum Gasteiger partial charge on any atom is -0.288 e. The van der Waals surface area contributed by atoms with E-state index in [4.69, 9.17) is 0 Å². The second-order valence-electron chi connectivity index (χ2n) is 4.66. The molecule has 0 bridgehead atoms. The zero-order valence-corrected chi connectivity index (χ0v) is 11.4. The Morgan fingerprint density at radius 1 is 0.667 bits per heavy atom. The SMILES string of the molecule is O=C(c1ccccc1)c1ccccc1[N+]c1ccccc1. The molecule has 0 aliphatic rings. The fourth-order valence-corrected chi connectivity index (χ4v) is 2.15. The van der Waals surface area contributed by atoms with Crippen molar-refractivity contribution < 1.29 is 4.79 Å². The van der Waals surface area contributed by atoms with Gasteiger partial charge in [-0.15, -0.1) is 0 Å². The van der Waals surface area contributed by atoms with Crippen molar-refractivity contribution >= 4 is 17.2 Å². The fraction of sp³-hybridized carbons (Fsp3) is 0. The van der Waals surface area contributed by atoms with E-state index in [1.54, 1.807) is 0 Å². The Hall–Kier alpha value is -2.71. The summed E-state index contributed by atoms with van der Waals surface area (Å²) in [7, 11) is 0. The molecular formula is C19H14NO+. The van der Waals surface area contributed by atoms with Crippen molar-refractivity contribution in [2.45, 2.75) is 0 Å². The molecule has 0 N–H and O–H groups in total. The third-order valence-corrected chi connectivity index (χ3v) is 3.19. The molecule has 0 unspecified atom stereocenters. The summed E-state index contributed by atoms with van der Waals surface area (Å²) in [6, 6.07) is 26.4. The fourth-order valence-electron chi connectivity index (χ4n) is 2.15. The van der Waals surface area contributed by atoms with Crippen molar-refractivity contribution in [2.75, 3.05) is 0 Å². The van der Waals surface area contributed by atoms with Gasteiger partial charge in [-0.05, 0) is 6.07 Å². The van der Waals surface area contributed by atoms with Crippen molar-refractivity contribution in [1.29, 1.82) is 0 Å². The molecule has 2 heteroatoms. The molecule has 0 fully saturated rings. The second-order valence-corrected chi connectivity index (χ2v) is 4.66. The lowest BCUT2D eigenvalue weighted by Crippen LogP contribution is -2.04. The molecule has 2 nitrogen and oxygen atoms in total. The molecule has 0 aliphatic carbocycles. The Labute approximate surface area is 124 Å². The Morgan fingerprint density at radius 2 is 1.24 bits per heavy atom. The van der Waals surface area contributed by atoms with Crippen molar-refractivity contribution in [3.63, 3.8) is 0 Å². The number of ketones is 1. The molecule has 0 heterocycles. The molecule has 3 rings (SSSR count).